The van der Waals surface area contributed by atoms with Crippen LogP contribution in [0.1, 0.15) is 29.0 Å². The molecule has 0 spiro atoms. The summed E-state index contributed by atoms with van der Waals surface area (Å²) < 4.78 is 18.8. The van der Waals surface area contributed by atoms with Crippen LogP contribution in [-0.2, 0) is 27.9 Å². The molecule has 0 N–H and O–H groups in total. The van der Waals surface area contributed by atoms with E-state index in [9.17, 15) is 9.18 Å². The number of carbonyl (C=O) groups excluding carboxylic acids is 1. The van der Waals surface area contributed by atoms with Gasteiger partial charge in [0.1, 0.15) is 10.8 Å². The van der Waals surface area contributed by atoms with Gasteiger partial charge in [0.25, 0.3) is 0 Å². The normalized spacial score (nSPS) is 18.1. The van der Waals surface area contributed by atoms with Gasteiger partial charge >= 0.3 is 0 Å². The van der Waals surface area contributed by atoms with Crippen molar-refractivity contribution in [2.75, 3.05) is 19.8 Å². The molecule has 1 fully saturated rings. The molecule has 0 atom stereocenters. The van der Waals surface area contributed by atoms with Gasteiger partial charge in [0.15, 0.2) is 0 Å². The molecular formula is C24H23FN2O2S. The van der Waals surface area contributed by atoms with Crippen LogP contribution < -0.4 is 0 Å². The standard InChI is InChI=1S/C24H23FN2O2S/c25-19-8-6-17(7-9-19)22-26-20-10-13-27(16-21(20)30-22)23(28)24(11-14-29-15-12-24)18-4-2-1-3-5-18/h1-9H,10-16H2. The van der Waals surface area contributed by atoms with E-state index in [-0.39, 0.29) is 11.7 Å². The fourth-order valence-electron chi connectivity index (χ4n) is 4.49. The molecule has 0 saturated carbocycles. The number of rotatable bonds is 3. The lowest BCUT2D eigenvalue weighted by Crippen LogP contribution is -2.51. The Kier molecular flexibility index (Phi) is 5.13. The summed E-state index contributed by atoms with van der Waals surface area (Å²) in [6.07, 6.45) is 2.17. The Bertz CT molecular complexity index is 1040. The maximum absolute atomic E-state index is 13.8. The molecule has 1 aromatic heterocycles. The Labute approximate surface area is 179 Å². The predicted octanol–water partition coefficient (Wildman–Crippen LogP) is 4.58. The van der Waals surface area contributed by atoms with Crippen LogP contribution in [0, 0.1) is 5.82 Å². The summed E-state index contributed by atoms with van der Waals surface area (Å²) in [5.41, 5.74) is 2.55. The van der Waals surface area contributed by atoms with Crippen molar-refractivity contribution in [1.29, 1.82) is 0 Å². The van der Waals surface area contributed by atoms with Gasteiger partial charge in [-0.2, -0.15) is 0 Å². The number of hydrogen-bond acceptors (Lipinski definition) is 4. The molecule has 0 aliphatic carbocycles. The average Bonchev–Trinajstić information content (AvgIpc) is 3.23. The summed E-state index contributed by atoms with van der Waals surface area (Å²) >= 11 is 1.60. The zero-order chi connectivity index (χ0) is 20.6. The third-order valence-electron chi connectivity index (χ3n) is 6.19. The lowest BCUT2D eigenvalue weighted by Gasteiger charge is -2.41. The topological polar surface area (TPSA) is 42.4 Å². The minimum absolute atomic E-state index is 0.194. The van der Waals surface area contributed by atoms with Crippen molar-refractivity contribution in [3.63, 3.8) is 0 Å². The quantitative estimate of drug-likeness (QED) is 0.620. The van der Waals surface area contributed by atoms with Crippen LogP contribution in [0.4, 0.5) is 4.39 Å². The van der Waals surface area contributed by atoms with Crippen molar-refractivity contribution in [2.24, 2.45) is 0 Å². The van der Waals surface area contributed by atoms with Gasteiger partial charge in [-0.05, 0) is 42.7 Å². The number of aromatic nitrogens is 1. The first-order valence-corrected chi connectivity index (χ1v) is 11.1. The SMILES string of the molecule is O=C(N1CCc2nc(-c3ccc(F)cc3)sc2C1)C1(c2ccccc2)CCOCC1. The summed E-state index contributed by atoms with van der Waals surface area (Å²) in [5.74, 6) is -0.0566. The second kappa shape index (κ2) is 7.93. The Morgan fingerprint density at radius 2 is 1.80 bits per heavy atom. The Balaban J connectivity index is 1.42. The van der Waals surface area contributed by atoms with E-state index in [4.69, 9.17) is 9.72 Å². The molecule has 4 nitrogen and oxygen atoms in total. The molecule has 0 radical (unpaired) electrons. The zero-order valence-electron chi connectivity index (χ0n) is 16.6. The molecule has 1 amide bonds. The molecule has 3 heterocycles. The van der Waals surface area contributed by atoms with E-state index in [2.05, 4.69) is 12.1 Å². The number of carbonyl (C=O) groups is 1. The smallest absolute Gasteiger partial charge is 0.233 e. The number of amides is 1. The van der Waals surface area contributed by atoms with Gasteiger partial charge in [-0.15, -0.1) is 11.3 Å². The van der Waals surface area contributed by atoms with E-state index in [0.29, 0.717) is 39.1 Å². The van der Waals surface area contributed by atoms with Crippen LogP contribution in [0.15, 0.2) is 54.6 Å². The summed E-state index contributed by atoms with van der Waals surface area (Å²) in [4.78, 5) is 21.7. The number of hydrogen-bond donors (Lipinski definition) is 0. The largest absolute Gasteiger partial charge is 0.381 e. The second-order valence-electron chi connectivity index (χ2n) is 7.93. The van der Waals surface area contributed by atoms with E-state index >= 15 is 0 Å². The zero-order valence-corrected chi connectivity index (χ0v) is 17.5. The molecule has 2 aliphatic heterocycles. The lowest BCUT2D eigenvalue weighted by atomic mass is 9.73. The minimum atomic E-state index is -0.512. The highest BCUT2D eigenvalue weighted by Crippen LogP contribution is 2.39. The Morgan fingerprint density at radius 3 is 2.53 bits per heavy atom. The van der Waals surface area contributed by atoms with Gasteiger partial charge in [-0.3, -0.25) is 4.79 Å². The maximum Gasteiger partial charge on any atom is 0.233 e. The number of ether oxygens (including phenoxy) is 1. The van der Waals surface area contributed by atoms with Crippen LogP contribution in [-0.4, -0.2) is 35.5 Å². The molecule has 154 valence electrons. The van der Waals surface area contributed by atoms with Gasteiger partial charge in [0.05, 0.1) is 17.7 Å². The van der Waals surface area contributed by atoms with Gasteiger partial charge in [0.2, 0.25) is 5.91 Å². The Hall–Kier alpha value is -2.57. The molecule has 2 aromatic carbocycles. The molecule has 0 bridgehead atoms. The van der Waals surface area contributed by atoms with E-state index in [1.807, 2.05) is 23.1 Å². The first kappa shape index (κ1) is 19.4. The van der Waals surface area contributed by atoms with Crippen molar-refractivity contribution in [1.82, 2.24) is 9.88 Å². The van der Waals surface area contributed by atoms with Crippen molar-refractivity contribution in [3.05, 3.63) is 76.5 Å². The average molecular weight is 423 g/mol. The summed E-state index contributed by atoms with van der Waals surface area (Å²) in [7, 11) is 0. The fourth-order valence-corrected chi connectivity index (χ4v) is 5.62. The van der Waals surface area contributed by atoms with Crippen LogP contribution >= 0.6 is 11.3 Å². The number of nitrogens with zero attached hydrogens (tertiary/aromatic N) is 2. The third kappa shape index (κ3) is 3.44. The van der Waals surface area contributed by atoms with Gasteiger partial charge in [-0.25, -0.2) is 9.37 Å². The summed E-state index contributed by atoms with van der Waals surface area (Å²) in [5, 5.41) is 0.887. The molecular weight excluding hydrogens is 399 g/mol. The van der Waals surface area contributed by atoms with E-state index in [1.54, 1.807) is 23.5 Å². The molecule has 5 rings (SSSR count). The molecule has 6 heteroatoms. The first-order valence-electron chi connectivity index (χ1n) is 10.3. The lowest BCUT2D eigenvalue weighted by molar-refractivity contribution is -0.142. The monoisotopic (exact) mass is 422 g/mol. The highest BCUT2D eigenvalue weighted by molar-refractivity contribution is 7.15. The first-order chi connectivity index (χ1) is 14.7. The molecule has 2 aliphatic rings. The van der Waals surface area contributed by atoms with E-state index in [0.717, 1.165) is 33.1 Å². The van der Waals surface area contributed by atoms with Gasteiger partial charge in [0, 0.05) is 36.6 Å². The molecule has 1 saturated heterocycles. The van der Waals surface area contributed by atoms with Crippen LogP contribution in [0.5, 0.6) is 0 Å². The fraction of sp³-hybridized carbons (Fsp3) is 0.333. The van der Waals surface area contributed by atoms with E-state index < -0.39 is 5.41 Å². The molecule has 0 unspecified atom stereocenters. The number of thiazole rings is 1. The minimum Gasteiger partial charge on any atom is -0.381 e. The number of halogens is 1. The van der Waals surface area contributed by atoms with Gasteiger partial charge < -0.3 is 9.64 Å². The maximum atomic E-state index is 13.8. The van der Waals surface area contributed by atoms with Crippen LogP contribution in [0.2, 0.25) is 0 Å². The van der Waals surface area contributed by atoms with E-state index in [1.165, 1.54) is 12.1 Å². The highest BCUT2D eigenvalue weighted by atomic mass is 32.1. The summed E-state index contributed by atoms with van der Waals surface area (Å²) in [6.45, 7) is 2.47. The van der Waals surface area contributed by atoms with Crippen LogP contribution in [0.25, 0.3) is 10.6 Å². The Morgan fingerprint density at radius 1 is 1.07 bits per heavy atom. The van der Waals surface area contributed by atoms with Crippen molar-refractivity contribution in [3.8, 4) is 10.6 Å². The summed E-state index contributed by atoms with van der Waals surface area (Å²) in [6, 6.07) is 16.6. The molecule has 3 aromatic rings. The number of benzene rings is 2. The predicted molar refractivity (Wildman–Crippen MR) is 115 cm³/mol. The van der Waals surface area contributed by atoms with Crippen molar-refractivity contribution >= 4 is 17.2 Å². The van der Waals surface area contributed by atoms with Gasteiger partial charge in [-0.1, -0.05) is 30.3 Å². The van der Waals surface area contributed by atoms with Crippen LogP contribution in [0.3, 0.4) is 0 Å². The number of fused-ring (bicyclic) bond motifs is 1. The van der Waals surface area contributed by atoms with Crippen molar-refractivity contribution in [2.45, 2.75) is 31.2 Å². The molecule has 30 heavy (non-hydrogen) atoms. The van der Waals surface area contributed by atoms with Crippen molar-refractivity contribution < 1.29 is 13.9 Å². The highest BCUT2D eigenvalue weighted by Gasteiger charge is 2.44. The third-order valence-corrected chi connectivity index (χ3v) is 7.32. The second-order valence-corrected chi connectivity index (χ2v) is 9.02.